The molecule has 0 spiro atoms. The molecule has 0 unspecified atom stereocenters. The standard InChI is InChI=1S/C32H24FN5O2S/c1-3-17-40-26-14-15-27(21(2)18-26)30-23(20-37(36-30)25-7-5-4-6-8-25)19-28-31(39)38-32(41-28)34-29(35-38)16-11-22-9-12-24(33)13-10-22/h3-16,18-20H,1,17H2,2H3/b16-11+,28-19-. The van der Waals surface area contributed by atoms with Gasteiger partial charge in [-0.25, -0.2) is 9.07 Å². The van der Waals surface area contributed by atoms with E-state index in [1.807, 2.05) is 72.4 Å². The molecule has 0 saturated heterocycles. The maximum atomic E-state index is 13.3. The molecule has 0 fully saturated rings. The van der Waals surface area contributed by atoms with Crippen LogP contribution in [0.3, 0.4) is 0 Å². The monoisotopic (exact) mass is 561 g/mol. The van der Waals surface area contributed by atoms with Crippen LogP contribution >= 0.6 is 11.3 Å². The van der Waals surface area contributed by atoms with Crippen molar-refractivity contribution in [2.45, 2.75) is 6.92 Å². The van der Waals surface area contributed by atoms with Crippen LogP contribution in [0.1, 0.15) is 22.5 Å². The molecule has 202 valence electrons. The van der Waals surface area contributed by atoms with Gasteiger partial charge < -0.3 is 4.74 Å². The minimum Gasteiger partial charge on any atom is -0.490 e. The van der Waals surface area contributed by atoms with Crippen molar-refractivity contribution < 1.29 is 9.13 Å². The normalized spacial score (nSPS) is 12.0. The molecule has 41 heavy (non-hydrogen) atoms. The van der Waals surface area contributed by atoms with Crippen molar-refractivity contribution >= 4 is 34.5 Å². The molecule has 3 heterocycles. The molecule has 0 N–H and O–H groups in total. The zero-order chi connectivity index (χ0) is 28.3. The molecule has 6 aromatic rings. The second-order valence-electron chi connectivity index (χ2n) is 9.25. The molecule has 0 aliphatic heterocycles. The largest absolute Gasteiger partial charge is 0.490 e. The summed E-state index contributed by atoms with van der Waals surface area (Å²) in [6.07, 6.45) is 8.93. The fraction of sp³-hybridized carbons (Fsp3) is 0.0625. The molecule has 3 aromatic heterocycles. The second-order valence-corrected chi connectivity index (χ2v) is 10.3. The van der Waals surface area contributed by atoms with Crippen LogP contribution in [0.25, 0.3) is 40.1 Å². The molecule has 0 amide bonds. The summed E-state index contributed by atoms with van der Waals surface area (Å²) in [7, 11) is 0. The number of nitrogens with zero attached hydrogens (tertiary/aromatic N) is 5. The molecule has 7 nitrogen and oxygen atoms in total. The molecule has 9 heteroatoms. The van der Waals surface area contributed by atoms with Gasteiger partial charge in [0.05, 0.1) is 10.2 Å². The lowest BCUT2D eigenvalue weighted by Gasteiger charge is -2.08. The number of halogens is 1. The van der Waals surface area contributed by atoms with Gasteiger partial charge in [0.1, 0.15) is 23.9 Å². The van der Waals surface area contributed by atoms with E-state index in [1.165, 1.54) is 28.0 Å². The summed E-state index contributed by atoms with van der Waals surface area (Å²) >= 11 is 1.26. The molecule has 0 bridgehead atoms. The Labute approximate surface area is 238 Å². The average Bonchev–Trinajstić information content (AvgIpc) is 3.67. The van der Waals surface area contributed by atoms with Crippen LogP contribution in [0.4, 0.5) is 4.39 Å². The van der Waals surface area contributed by atoms with Gasteiger partial charge in [-0.2, -0.15) is 14.6 Å². The summed E-state index contributed by atoms with van der Waals surface area (Å²) in [4.78, 5) is 18.3. The van der Waals surface area contributed by atoms with E-state index in [-0.39, 0.29) is 11.4 Å². The van der Waals surface area contributed by atoms with Crippen molar-refractivity contribution in [1.29, 1.82) is 0 Å². The maximum Gasteiger partial charge on any atom is 0.291 e. The highest BCUT2D eigenvalue weighted by molar-refractivity contribution is 7.15. The van der Waals surface area contributed by atoms with Crippen molar-refractivity contribution in [2.75, 3.05) is 6.61 Å². The van der Waals surface area contributed by atoms with Gasteiger partial charge in [-0.1, -0.05) is 60.4 Å². The number of rotatable bonds is 8. The number of fused-ring (bicyclic) bond motifs is 1. The van der Waals surface area contributed by atoms with Gasteiger partial charge in [-0.05, 0) is 72.7 Å². The number of hydrogen-bond acceptors (Lipinski definition) is 6. The molecule has 3 aromatic carbocycles. The highest BCUT2D eigenvalue weighted by atomic mass is 32.1. The van der Waals surface area contributed by atoms with Gasteiger partial charge in [-0.15, -0.1) is 5.10 Å². The van der Waals surface area contributed by atoms with Crippen molar-refractivity contribution in [1.82, 2.24) is 24.4 Å². The van der Waals surface area contributed by atoms with Crippen molar-refractivity contribution in [2.24, 2.45) is 0 Å². The minimum absolute atomic E-state index is 0.262. The summed E-state index contributed by atoms with van der Waals surface area (Å²) in [5, 5.41) is 9.27. The Morgan fingerprint density at radius 3 is 2.56 bits per heavy atom. The van der Waals surface area contributed by atoms with E-state index in [9.17, 15) is 9.18 Å². The Morgan fingerprint density at radius 1 is 1.02 bits per heavy atom. The Hall–Kier alpha value is -5.15. The fourth-order valence-corrected chi connectivity index (χ4v) is 5.27. The van der Waals surface area contributed by atoms with E-state index in [0.717, 1.165) is 39.4 Å². The first-order valence-electron chi connectivity index (χ1n) is 12.8. The van der Waals surface area contributed by atoms with E-state index < -0.39 is 0 Å². The highest BCUT2D eigenvalue weighted by Crippen LogP contribution is 2.30. The third-order valence-corrected chi connectivity index (χ3v) is 7.32. The number of para-hydroxylation sites is 1. The van der Waals surface area contributed by atoms with Gasteiger partial charge in [0.2, 0.25) is 4.96 Å². The molecule has 0 saturated carbocycles. The Kier molecular flexibility index (Phi) is 7.09. The van der Waals surface area contributed by atoms with Crippen molar-refractivity contribution in [3.63, 3.8) is 0 Å². The van der Waals surface area contributed by atoms with Crippen LogP contribution < -0.4 is 14.8 Å². The lowest BCUT2D eigenvalue weighted by molar-refractivity contribution is 0.363. The van der Waals surface area contributed by atoms with E-state index >= 15 is 0 Å². The third-order valence-electron chi connectivity index (χ3n) is 6.36. The molecule has 0 atom stereocenters. The van der Waals surface area contributed by atoms with Crippen LogP contribution in [0.2, 0.25) is 0 Å². The number of hydrogen-bond donors (Lipinski definition) is 0. The summed E-state index contributed by atoms with van der Waals surface area (Å²) in [5.41, 5.74) is 4.89. The van der Waals surface area contributed by atoms with E-state index in [1.54, 1.807) is 30.4 Å². The zero-order valence-electron chi connectivity index (χ0n) is 22.1. The predicted molar refractivity (Wildman–Crippen MR) is 161 cm³/mol. The SMILES string of the molecule is C=CCOc1ccc(-c2nn(-c3ccccc3)cc2/C=c2\sc3nc(/C=C/c4ccc(F)cc4)nn3c2=O)c(C)c1. The van der Waals surface area contributed by atoms with Gasteiger partial charge >= 0.3 is 0 Å². The first-order valence-corrected chi connectivity index (χ1v) is 13.6. The van der Waals surface area contributed by atoms with E-state index in [4.69, 9.17) is 9.84 Å². The lowest BCUT2D eigenvalue weighted by Crippen LogP contribution is -2.23. The molecule has 0 aliphatic rings. The van der Waals surface area contributed by atoms with Gasteiger partial charge in [0, 0.05) is 17.3 Å². The zero-order valence-corrected chi connectivity index (χ0v) is 22.9. The van der Waals surface area contributed by atoms with Gasteiger partial charge in [-0.3, -0.25) is 4.79 Å². The lowest BCUT2D eigenvalue weighted by atomic mass is 10.0. The minimum atomic E-state index is -0.301. The summed E-state index contributed by atoms with van der Waals surface area (Å²) in [6, 6.07) is 21.7. The van der Waals surface area contributed by atoms with E-state index in [0.29, 0.717) is 21.9 Å². The smallest absolute Gasteiger partial charge is 0.291 e. The second kappa shape index (κ2) is 11.1. The van der Waals surface area contributed by atoms with Crippen LogP contribution in [0, 0.1) is 12.7 Å². The summed E-state index contributed by atoms with van der Waals surface area (Å²) in [5.74, 6) is 0.844. The average molecular weight is 562 g/mol. The number of aryl methyl sites for hydroxylation is 1. The van der Waals surface area contributed by atoms with Crippen LogP contribution in [0.5, 0.6) is 5.75 Å². The van der Waals surface area contributed by atoms with Crippen LogP contribution in [-0.2, 0) is 0 Å². The molecule has 6 rings (SSSR count). The predicted octanol–water partition coefficient (Wildman–Crippen LogP) is 5.73. The third kappa shape index (κ3) is 5.48. The van der Waals surface area contributed by atoms with Gasteiger partial charge in [0.25, 0.3) is 5.56 Å². The molecular weight excluding hydrogens is 537 g/mol. The number of ether oxygens (including phenoxy) is 1. The Morgan fingerprint density at radius 2 is 1.83 bits per heavy atom. The van der Waals surface area contributed by atoms with E-state index in [2.05, 4.69) is 16.7 Å². The fourth-order valence-electron chi connectivity index (χ4n) is 4.37. The molecular formula is C32H24FN5O2S. The first kappa shape index (κ1) is 26.1. The van der Waals surface area contributed by atoms with Gasteiger partial charge in [0.15, 0.2) is 5.82 Å². The number of thiazole rings is 1. The van der Waals surface area contributed by atoms with Crippen LogP contribution in [-0.4, -0.2) is 31.0 Å². The topological polar surface area (TPSA) is 74.3 Å². The van der Waals surface area contributed by atoms with Crippen LogP contribution in [0.15, 0.2) is 96.4 Å². The first-order chi connectivity index (χ1) is 20.0. The molecule has 0 aliphatic carbocycles. The Bertz CT molecular complexity index is 2010. The number of benzene rings is 3. The molecule has 0 radical (unpaired) electrons. The Balaban J connectivity index is 1.40. The number of aromatic nitrogens is 5. The summed E-state index contributed by atoms with van der Waals surface area (Å²) < 4.78 is 22.5. The van der Waals surface area contributed by atoms with Crippen molar-refractivity contribution in [3.05, 3.63) is 135 Å². The summed E-state index contributed by atoms with van der Waals surface area (Å²) in [6.45, 7) is 6.13. The quantitative estimate of drug-likeness (QED) is 0.222. The highest BCUT2D eigenvalue weighted by Gasteiger charge is 2.16. The van der Waals surface area contributed by atoms with Crippen molar-refractivity contribution in [3.8, 4) is 22.7 Å². The maximum absolute atomic E-state index is 13.3.